The molecule has 1 aromatic rings. The summed E-state index contributed by atoms with van der Waals surface area (Å²) in [5.41, 5.74) is 1.17. The Bertz CT molecular complexity index is 374. The summed E-state index contributed by atoms with van der Waals surface area (Å²) in [6.45, 7) is 3.04. The SMILES string of the molecule is COc1ccc(N2C[C@@H](C=O)CC[C@H]2C)cc1. The molecule has 0 amide bonds. The second-order valence-corrected chi connectivity index (χ2v) is 4.67. The van der Waals surface area contributed by atoms with Crippen molar-refractivity contribution in [2.45, 2.75) is 25.8 Å². The zero-order valence-electron chi connectivity index (χ0n) is 10.4. The first-order chi connectivity index (χ1) is 8.24. The summed E-state index contributed by atoms with van der Waals surface area (Å²) in [4.78, 5) is 13.2. The van der Waals surface area contributed by atoms with E-state index in [1.807, 2.05) is 12.1 Å². The van der Waals surface area contributed by atoms with E-state index < -0.39 is 0 Å². The van der Waals surface area contributed by atoms with Crippen LogP contribution in [0.2, 0.25) is 0 Å². The molecule has 92 valence electrons. The maximum Gasteiger partial charge on any atom is 0.124 e. The van der Waals surface area contributed by atoms with Crippen LogP contribution in [-0.4, -0.2) is 26.0 Å². The number of piperidine rings is 1. The lowest BCUT2D eigenvalue weighted by atomic mass is 9.94. The second kappa shape index (κ2) is 5.21. The Morgan fingerprint density at radius 3 is 2.59 bits per heavy atom. The first-order valence-corrected chi connectivity index (χ1v) is 6.10. The molecule has 0 unspecified atom stereocenters. The Morgan fingerprint density at radius 2 is 2.00 bits per heavy atom. The summed E-state index contributed by atoms with van der Waals surface area (Å²) in [5.74, 6) is 1.04. The molecule has 0 saturated carbocycles. The van der Waals surface area contributed by atoms with Crippen LogP contribution in [0.15, 0.2) is 24.3 Å². The number of carbonyl (C=O) groups excluding carboxylic acids is 1. The third kappa shape index (κ3) is 2.60. The van der Waals surface area contributed by atoms with Crippen molar-refractivity contribution in [3.63, 3.8) is 0 Å². The summed E-state index contributed by atoms with van der Waals surface area (Å²) in [7, 11) is 1.67. The quantitative estimate of drug-likeness (QED) is 0.751. The molecule has 1 aliphatic rings. The van der Waals surface area contributed by atoms with Crippen LogP contribution in [0, 0.1) is 5.92 Å². The Balaban J connectivity index is 2.15. The van der Waals surface area contributed by atoms with E-state index in [1.54, 1.807) is 7.11 Å². The van der Waals surface area contributed by atoms with Crippen molar-refractivity contribution in [3.05, 3.63) is 24.3 Å². The molecule has 2 rings (SSSR count). The zero-order valence-corrected chi connectivity index (χ0v) is 10.4. The molecule has 17 heavy (non-hydrogen) atoms. The highest BCUT2D eigenvalue weighted by atomic mass is 16.5. The van der Waals surface area contributed by atoms with Crippen LogP contribution in [0.1, 0.15) is 19.8 Å². The molecule has 0 aliphatic carbocycles. The number of rotatable bonds is 3. The molecule has 0 bridgehead atoms. The van der Waals surface area contributed by atoms with Gasteiger partial charge in [-0.1, -0.05) is 0 Å². The van der Waals surface area contributed by atoms with Gasteiger partial charge in [-0.25, -0.2) is 0 Å². The number of anilines is 1. The lowest BCUT2D eigenvalue weighted by Crippen LogP contribution is -2.42. The molecule has 3 heteroatoms. The van der Waals surface area contributed by atoms with E-state index in [2.05, 4.69) is 24.0 Å². The number of carbonyl (C=O) groups is 1. The van der Waals surface area contributed by atoms with Crippen molar-refractivity contribution in [1.29, 1.82) is 0 Å². The first-order valence-electron chi connectivity index (χ1n) is 6.10. The number of ether oxygens (including phenoxy) is 1. The normalized spacial score (nSPS) is 24.5. The Labute approximate surface area is 102 Å². The summed E-state index contributed by atoms with van der Waals surface area (Å²) in [6.07, 6.45) is 3.18. The molecule has 1 aliphatic heterocycles. The van der Waals surface area contributed by atoms with Crippen LogP contribution in [0.5, 0.6) is 5.75 Å². The van der Waals surface area contributed by atoms with Gasteiger partial charge in [-0.05, 0) is 44.0 Å². The largest absolute Gasteiger partial charge is 0.497 e. The molecule has 0 radical (unpaired) electrons. The molecule has 1 heterocycles. The number of nitrogens with zero attached hydrogens (tertiary/aromatic N) is 1. The van der Waals surface area contributed by atoms with E-state index in [9.17, 15) is 4.79 Å². The van der Waals surface area contributed by atoms with Gasteiger partial charge in [-0.2, -0.15) is 0 Å². The Morgan fingerprint density at radius 1 is 1.29 bits per heavy atom. The molecule has 1 saturated heterocycles. The number of hydrogen-bond acceptors (Lipinski definition) is 3. The standard InChI is InChI=1S/C14H19NO2/c1-11-3-4-12(10-16)9-15(11)13-5-7-14(17-2)8-6-13/h5-8,10-12H,3-4,9H2,1-2H3/t11-,12+/m1/s1. The predicted molar refractivity (Wildman–Crippen MR) is 68.6 cm³/mol. The minimum absolute atomic E-state index is 0.174. The van der Waals surface area contributed by atoms with Gasteiger partial charge in [0.1, 0.15) is 12.0 Å². The summed E-state index contributed by atoms with van der Waals surface area (Å²) >= 11 is 0. The average molecular weight is 233 g/mol. The zero-order chi connectivity index (χ0) is 12.3. The van der Waals surface area contributed by atoms with Gasteiger partial charge in [0.15, 0.2) is 0 Å². The van der Waals surface area contributed by atoms with Gasteiger partial charge in [0.05, 0.1) is 7.11 Å². The highest BCUT2D eigenvalue weighted by Crippen LogP contribution is 2.28. The van der Waals surface area contributed by atoms with E-state index in [4.69, 9.17) is 4.74 Å². The molecule has 3 nitrogen and oxygen atoms in total. The molecule has 1 fully saturated rings. The van der Waals surface area contributed by atoms with Gasteiger partial charge in [0.25, 0.3) is 0 Å². The van der Waals surface area contributed by atoms with Gasteiger partial charge in [0.2, 0.25) is 0 Å². The molecule has 0 spiro atoms. The third-order valence-electron chi connectivity index (χ3n) is 3.52. The number of benzene rings is 1. The van der Waals surface area contributed by atoms with Gasteiger partial charge >= 0.3 is 0 Å². The highest BCUT2D eigenvalue weighted by Gasteiger charge is 2.25. The first kappa shape index (κ1) is 12.0. The number of aldehydes is 1. The van der Waals surface area contributed by atoms with Crippen molar-refractivity contribution >= 4 is 12.0 Å². The predicted octanol–water partition coefficient (Wildman–Crippen LogP) is 2.50. The van der Waals surface area contributed by atoms with Crippen LogP contribution in [0.4, 0.5) is 5.69 Å². The lowest BCUT2D eigenvalue weighted by molar-refractivity contribution is -0.111. The maximum absolute atomic E-state index is 10.9. The van der Waals surface area contributed by atoms with E-state index in [1.165, 1.54) is 5.69 Å². The minimum Gasteiger partial charge on any atom is -0.497 e. The second-order valence-electron chi connectivity index (χ2n) is 4.67. The van der Waals surface area contributed by atoms with Crippen LogP contribution < -0.4 is 9.64 Å². The highest BCUT2D eigenvalue weighted by molar-refractivity contribution is 5.58. The molecular formula is C14H19NO2. The molecule has 2 atom stereocenters. The van der Waals surface area contributed by atoms with Crippen molar-refractivity contribution in [2.75, 3.05) is 18.6 Å². The van der Waals surface area contributed by atoms with E-state index >= 15 is 0 Å². The van der Waals surface area contributed by atoms with Crippen molar-refractivity contribution in [2.24, 2.45) is 5.92 Å². The molecular weight excluding hydrogens is 214 g/mol. The fourth-order valence-corrected chi connectivity index (χ4v) is 2.38. The van der Waals surface area contributed by atoms with Gasteiger partial charge in [0, 0.05) is 24.2 Å². The van der Waals surface area contributed by atoms with Crippen LogP contribution in [0.3, 0.4) is 0 Å². The summed E-state index contributed by atoms with van der Waals surface area (Å²) in [5, 5.41) is 0. The van der Waals surface area contributed by atoms with Gasteiger partial charge in [-0.15, -0.1) is 0 Å². The fourth-order valence-electron chi connectivity index (χ4n) is 2.38. The van der Waals surface area contributed by atoms with E-state index in [0.29, 0.717) is 6.04 Å². The smallest absolute Gasteiger partial charge is 0.124 e. The number of hydrogen-bond donors (Lipinski definition) is 0. The van der Waals surface area contributed by atoms with E-state index in [0.717, 1.165) is 31.4 Å². The lowest BCUT2D eigenvalue weighted by Gasteiger charge is -2.38. The van der Waals surface area contributed by atoms with Crippen molar-refractivity contribution < 1.29 is 9.53 Å². The Hall–Kier alpha value is -1.51. The van der Waals surface area contributed by atoms with Crippen LogP contribution >= 0.6 is 0 Å². The van der Waals surface area contributed by atoms with Gasteiger partial charge in [-0.3, -0.25) is 0 Å². The van der Waals surface area contributed by atoms with Crippen LogP contribution in [-0.2, 0) is 4.79 Å². The monoisotopic (exact) mass is 233 g/mol. The summed E-state index contributed by atoms with van der Waals surface area (Å²) in [6, 6.07) is 8.55. The number of methoxy groups -OCH3 is 1. The molecule has 0 aromatic heterocycles. The average Bonchev–Trinajstić information content (AvgIpc) is 2.39. The van der Waals surface area contributed by atoms with Crippen molar-refractivity contribution in [1.82, 2.24) is 0 Å². The maximum atomic E-state index is 10.9. The third-order valence-corrected chi connectivity index (χ3v) is 3.52. The Kier molecular flexibility index (Phi) is 3.67. The van der Waals surface area contributed by atoms with Gasteiger partial charge < -0.3 is 14.4 Å². The minimum atomic E-state index is 0.174. The van der Waals surface area contributed by atoms with Crippen LogP contribution in [0.25, 0.3) is 0 Å². The fraction of sp³-hybridized carbons (Fsp3) is 0.500. The topological polar surface area (TPSA) is 29.5 Å². The summed E-state index contributed by atoms with van der Waals surface area (Å²) < 4.78 is 5.15. The van der Waals surface area contributed by atoms with E-state index in [-0.39, 0.29) is 5.92 Å². The molecule has 0 N–H and O–H groups in total. The van der Waals surface area contributed by atoms with Crippen molar-refractivity contribution in [3.8, 4) is 5.75 Å². The molecule has 1 aromatic carbocycles.